The Balaban J connectivity index is 2.27. The van der Waals surface area contributed by atoms with Crippen LogP contribution >= 0.6 is 0 Å². The van der Waals surface area contributed by atoms with Gasteiger partial charge in [0.25, 0.3) is 0 Å². The molecule has 2 rings (SSSR count). The Morgan fingerprint density at radius 1 is 0.833 bits per heavy atom. The number of carbonyl (C=O) groups is 2. The predicted molar refractivity (Wildman–Crippen MR) is 153 cm³/mol. The van der Waals surface area contributed by atoms with Crippen molar-refractivity contribution in [2.75, 3.05) is 23.8 Å². The van der Waals surface area contributed by atoms with E-state index in [9.17, 15) is 9.59 Å². The molecule has 0 aliphatic carbocycles. The van der Waals surface area contributed by atoms with Gasteiger partial charge in [-0.05, 0) is 64.4 Å². The van der Waals surface area contributed by atoms with E-state index in [2.05, 4.69) is 49.9 Å². The van der Waals surface area contributed by atoms with Crippen molar-refractivity contribution < 1.29 is 28.4 Å². The Kier molecular flexibility index (Phi) is 9.53. The van der Waals surface area contributed by atoms with Gasteiger partial charge < -0.3 is 18.8 Å². The number of anilines is 2. The van der Waals surface area contributed by atoms with Crippen molar-refractivity contribution >= 4 is 52.3 Å². The highest BCUT2D eigenvalue weighted by molar-refractivity contribution is 6.76. The molecule has 0 unspecified atom stereocenters. The highest BCUT2D eigenvalue weighted by Crippen LogP contribution is 2.37. The summed E-state index contributed by atoms with van der Waals surface area (Å²) in [5.74, 6) is 0. The van der Waals surface area contributed by atoms with E-state index < -0.39 is 46.7 Å². The van der Waals surface area contributed by atoms with Crippen LogP contribution in [0.15, 0.2) is 12.1 Å². The number of aryl methyl sites for hydroxylation is 1. The van der Waals surface area contributed by atoms with E-state index in [1.165, 1.54) is 0 Å². The summed E-state index contributed by atoms with van der Waals surface area (Å²) >= 11 is 0. The summed E-state index contributed by atoms with van der Waals surface area (Å²) in [4.78, 5) is 25.1. The molecule has 0 radical (unpaired) electrons. The number of hydrogen-bond acceptors (Lipinski definition) is 6. The van der Waals surface area contributed by atoms with Crippen LogP contribution in [0.1, 0.15) is 33.3 Å². The summed E-state index contributed by atoms with van der Waals surface area (Å²) < 4.78 is 23.4. The Bertz CT molecular complexity index is 941. The molecular weight excluding hydrogens is 491 g/mol. The number of hydrogen-bond donors (Lipinski definition) is 2. The van der Waals surface area contributed by atoms with Crippen LogP contribution in [0.5, 0.6) is 0 Å². The van der Waals surface area contributed by atoms with Crippen molar-refractivity contribution in [3.63, 3.8) is 0 Å². The zero-order chi connectivity index (χ0) is 27.5. The molecule has 1 fully saturated rings. The molecule has 0 aromatic heterocycles. The highest BCUT2D eigenvalue weighted by atomic mass is 28.3. The third kappa shape index (κ3) is 8.93. The lowest BCUT2D eigenvalue weighted by atomic mass is 9.74. The molecule has 11 heteroatoms. The van der Waals surface area contributed by atoms with Crippen LogP contribution in [0.2, 0.25) is 51.4 Å². The molecule has 0 atom stereocenters. The van der Waals surface area contributed by atoms with E-state index in [-0.39, 0.29) is 0 Å². The number of benzene rings is 1. The predicted octanol–water partition coefficient (Wildman–Crippen LogP) is 6.07. The molecule has 0 spiro atoms. The minimum Gasteiger partial charge on any atom is -0.450 e. The van der Waals surface area contributed by atoms with E-state index >= 15 is 0 Å². The summed E-state index contributed by atoms with van der Waals surface area (Å²) in [5.41, 5.74) is 1.36. The smallest absolute Gasteiger partial charge is 0.450 e. The molecule has 36 heavy (non-hydrogen) atoms. The molecule has 1 aromatic carbocycles. The lowest BCUT2D eigenvalue weighted by Gasteiger charge is -2.32. The van der Waals surface area contributed by atoms with Crippen molar-refractivity contribution in [1.29, 1.82) is 0 Å². The summed E-state index contributed by atoms with van der Waals surface area (Å²) in [6.45, 7) is 23.9. The van der Waals surface area contributed by atoms with Crippen LogP contribution in [0, 0.1) is 6.92 Å². The van der Waals surface area contributed by atoms with Gasteiger partial charge in [-0.25, -0.2) is 9.59 Å². The van der Waals surface area contributed by atoms with Gasteiger partial charge in [-0.1, -0.05) is 39.3 Å². The largest absolute Gasteiger partial charge is 0.497 e. The quantitative estimate of drug-likeness (QED) is 0.372. The van der Waals surface area contributed by atoms with Gasteiger partial charge in [0.15, 0.2) is 0 Å². The summed E-state index contributed by atoms with van der Waals surface area (Å²) in [6, 6.07) is 5.26. The summed E-state index contributed by atoms with van der Waals surface area (Å²) in [6.07, 6.45) is -1.08. The average Bonchev–Trinajstić information content (AvgIpc) is 2.85. The van der Waals surface area contributed by atoms with Crippen molar-refractivity contribution in [1.82, 2.24) is 0 Å². The average molecular weight is 537 g/mol. The van der Waals surface area contributed by atoms with Crippen LogP contribution < -0.4 is 16.1 Å². The number of nitrogens with one attached hydrogen (secondary N) is 2. The van der Waals surface area contributed by atoms with Crippen LogP contribution in [-0.4, -0.2) is 59.9 Å². The van der Waals surface area contributed by atoms with E-state index in [0.29, 0.717) is 30.1 Å². The lowest BCUT2D eigenvalue weighted by molar-refractivity contribution is 0.00578. The SMILES string of the molecule is Cc1cc(NC(=O)OCC[Si](C)(C)C)cc(NC(=O)OCC[Si](C)(C)C)c1B1OC(C)(C)C(C)(C)O1. The van der Waals surface area contributed by atoms with Crippen molar-refractivity contribution in [2.24, 2.45) is 0 Å². The molecule has 2 amide bonds. The van der Waals surface area contributed by atoms with Gasteiger partial charge in [0.2, 0.25) is 0 Å². The highest BCUT2D eigenvalue weighted by Gasteiger charge is 2.52. The third-order valence-electron chi connectivity index (χ3n) is 6.53. The van der Waals surface area contributed by atoms with E-state index in [1.54, 1.807) is 6.07 Å². The van der Waals surface area contributed by atoms with Crippen LogP contribution in [0.4, 0.5) is 21.0 Å². The van der Waals surface area contributed by atoms with Gasteiger partial charge in [0, 0.05) is 33.0 Å². The first-order valence-electron chi connectivity index (χ1n) is 12.7. The zero-order valence-electron chi connectivity index (χ0n) is 24.0. The minimum absolute atomic E-state index is 0.355. The van der Waals surface area contributed by atoms with Crippen LogP contribution in [-0.2, 0) is 18.8 Å². The van der Waals surface area contributed by atoms with Crippen molar-refractivity contribution in [3.8, 4) is 0 Å². The Morgan fingerprint density at radius 2 is 1.28 bits per heavy atom. The first kappa shape index (κ1) is 30.4. The molecule has 1 aliphatic rings. The molecule has 2 N–H and O–H groups in total. The third-order valence-corrected chi connectivity index (χ3v) is 9.94. The van der Waals surface area contributed by atoms with Crippen molar-refractivity contribution in [2.45, 2.75) is 97.2 Å². The molecular formula is C25H45BN2O6Si2. The lowest BCUT2D eigenvalue weighted by Crippen LogP contribution is -2.41. The standard InChI is InChI=1S/C25H45BN2O6Si2/c1-18-16-19(27-22(29)31-12-14-35(6,7)8)17-20(28-23(30)32-13-15-36(9,10)11)21(18)26-33-24(2,3)25(4,5)34-26/h16-17H,12-15H2,1-11H3,(H,27,29)(H,28,30). The van der Waals surface area contributed by atoms with Gasteiger partial charge in [-0.15, -0.1) is 0 Å². The van der Waals surface area contributed by atoms with E-state index in [0.717, 1.165) is 17.7 Å². The first-order chi connectivity index (χ1) is 16.3. The Hall–Kier alpha value is -1.82. The molecule has 0 saturated carbocycles. The molecule has 1 aromatic rings. The van der Waals surface area contributed by atoms with Crippen molar-refractivity contribution in [3.05, 3.63) is 17.7 Å². The Labute approximate surface area is 219 Å². The van der Waals surface area contributed by atoms with E-state index in [4.69, 9.17) is 18.8 Å². The maximum Gasteiger partial charge on any atom is 0.497 e. The monoisotopic (exact) mass is 536 g/mol. The van der Waals surface area contributed by atoms with Gasteiger partial charge in [0.05, 0.1) is 24.4 Å². The van der Waals surface area contributed by atoms with Gasteiger partial charge in [-0.2, -0.15) is 0 Å². The number of ether oxygens (including phenoxy) is 2. The molecule has 1 aliphatic heterocycles. The first-order valence-corrected chi connectivity index (χ1v) is 20.1. The number of rotatable bonds is 9. The number of carbonyl (C=O) groups excluding carboxylic acids is 2. The molecule has 1 saturated heterocycles. The summed E-state index contributed by atoms with van der Waals surface area (Å²) in [5, 5.41) is 5.64. The van der Waals surface area contributed by atoms with Gasteiger partial charge in [0.1, 0.15) is 0 Å². The second-order valence-electron chi connectivity index (χ2n) is 13.0. The van der Waals surface area contributed by atoms with E-state index in [1.807, 2.05) is 40.7 Å². The van der Waals surface area contributed by atoms with Crippen LogP contribution in [0.3, 0.4) is 0 Å². The second kappa shape index (κ2) is 11.3. The van der Waals surface area contributed by atoms with Gasteiger partial charge >= 0.3 is 19.3 Å². The summed E-state index contributed by atoms with van der Waals surface area (Å²) in [7, 11) is -3.35. The fourth-order valence-electron chi connectivity index (χ4n) is 3.45. The minimum atomic E-state index is -1.34. The molecule has 202 valence electrons. The zero-order valence-corrected chi connectivity index (χ0v) is 26.0. The maximum atomic E-state index is 12.7. The van der Waals surface area contributed by atoms with Gasteiger partial charge in [-0.3, -0.25) is 10.6 Å². The number of amides is 2. The molecule has 0 bridgehead atoms. The fourth-order valence-corrected chi connectivity index (χ4v) is 4.88. The molecule has 1 heterocycles. The second-order valence-corrected chi connectivity index (χ2v) is 24.2. The maximum absolute atomic E-state index is 12.7. The molecule has 8 nitrogen and oxygen atoms in total. The fraction of sp³-hybridized carbons (Fsp3) is 0.680. The van der Waals surface area contributed by atoms with Crippen LogP contribution in [0.25, 0.3) is 0 Å². The topological polar surface area (TPSA) is 95.1 Å². The Morgan fingerprint density at radius 3 is 1.72 bits per heavy atom. The normalized spacial score (nSPS) is 17.0.